The Balaban J connectivity index is 0.665. The van der Waals surface area contributed by atoms with E-state index in [0.717, 1.165) is 84.3 Å². The molecule has 8 heterocycles. The summed E-state index contributed by atoms with van der Waals surface area (Å²) in [6.45, 7) is 22.7. The largest absolute Gasteiger partial charge is 0.336 e. The van der Waals surface area contributed by atoms with Crippen LogP contribution in [0.15, 0.2) is 97.3 Å². The molecule has 0 radical (unpaired) electrons. The highest BCUT2D eigenvalue weighted by Gasteiger charge is 2.42. The van der Waals surface area contributed by atoms with Crippen molar-refractivity contribution in [3.63, 3.8) is 0 Å². The molecule has 4 saturated heterocycles. The van der Waals surface area contributed by atoms with Crippen molar-refractivity contribution >= 4 is 35.0 Å². The van der Waals surface area contributed by atoms with Crippen molar-refractivity contribution in [3.8, 4) is 0 Å². The average Bonchev–Trinajstić information content (AvgIpc) is 4.24. The molecule has 0 aliphatic carbocycles. The first-order valence-corrected chi connectivity index (χ1v) is 29.6. The number of carbonyl (C=O) groups excluding carboxylic acids is 4. The van der Waals surface area contributed by atoms with Gasteiger partial charge in [0, 0.05) is 163 Å². The van der Waals surface area contributed by atoms with E-state index < -0.39 is 0 Å². The zero-order chi connectivity index (χ0) is 57.4. The Morgan fingerprint density at radius 1 is 0.561 bits per heavy atom. The van der Waals surface area contributed by atoms with Crippen molar-refractivity contribution < 1.29 is 28.0 Å². The van der Waals surface area contributed by atoms with Gasteiger partial charge in [0.05, 0.1) is 35.9 Å². The van der Waals surface area contributed by atoms with Crippen LogP contribution in [0.4, 0.5) is 20.2 Å². The lowest BCUT2D eigenvalue weighted by Crippen LogP contribution is -2.63. The number of rotatable bonds is 14. The number of carbonyl (C=O) groups is 4. The molecule has 16 nitrogen and oxygen atoms in total. The number of benzene rings is 3. The molecule has 434 valence electrons. The predicted molar refractivity (Wildman–Crippen MR) is 314 cm³/mol. The maximum atomic E-state index is 14.4. The van der Waals surface area contributed by atoms with E-state index in [9.17, 15) is 28.0 Å². The number of hydrogen-bond acceptors (Lipinski definition) is 12. The van der Waals surface area contributed by atoms with Crippen LogP contribution in [0.5, 0.6) is 0 Å². The summed E-state index contributed by atoms with van der Waals surface area (Å²) in [6.07, 6.45) is 5.65. The molecule has 2 N–H and O–H groups in total. The standard InChI is InChI=1S/C64H80F2N12O4/c1-42-33-75(39-59(79)77-19-18-56-57(77)26-48(29-69-56)24-46-10-14-52(65)15-11-46)54(31-67-42)37-71-20-22-73(35-44(71)3)62(81)50-8-7-9-51(28-50)63(82)74-23-21-72(45(4)36-74)38-55-32-68-43(2)34-76(55)40-60(80)78-41-64(5,6)61-58(78)27-49(30-70-61)25-47-12-16-53(66)17-13-47/h7-17,26-30,42-45,54-55,67-68H,18-25,31-41H2,1-6H3/t42-,43-,44-,45-,54-,55-/m1/s1. The lowest BCUT2D eigenvalue weighted by atomic mass is 9.91. The summed E-state index contributed by atoms with van der Waals surface area (Å²) < 4.78 is 27.2. The zero-order valence-electron chi connectivity index (χ0n) is 48.5. The van der Waals surface area contributed by atoms with Crippen LogP contribution < -0.4 is 20.4 Å². The number of piperazine rings is 4. The maximum Gasteiger partial charge on any atom is 0.253 e. The third-order valence-corrected chi connectivity index (χ3v) is 18.0. The lowest BCUT2D eigenvalue weighted by molar-refractivity contribution is -0.121. The van der Waals surface area contributed by atoms with Crippen LogP contribution in [0.25, 0.3) is 0 Å². The van der Waals surface area contributed by atoms with Gasteiger partial charge in [-0.1, -0.05) is 44.2 Å². The van der Waals surface area contributed by atoms with Crippen LogP contribution in [0.1, 0.15) is 95.9 Å². The molecule has 5 aromatic rings. The minimum absolute atomic E-state index is 0.0493. The molecule has 0 saturated carbocycles. The monoisotopic (exact) mass is 1120 g/mol. The molecule has 11 rings (SSSR count). The number of nitrogens with one attached hydrogen (secondary N) is 2. The summed E-state index contributed by atoms with van der Waals surface area (Å²) in [6, 6.07) is 25.1. The Morgan fingerprint density at radius 2 is 1.05 bits per heavy atom. The van der Waals surface area contributed by atoms with E-state index in [1.807, 2.05) is 50.2 Å². The van der Waals surface area contributed by atoms with Gasteiger partial charge in [-0.2, -0.15) is 0 Å². The van der Waals surface area contributed by atoms with Gasteiger partial charge in [0.2, 0.25) is 11.8 Å². The Hall–Kier alpha value is -6.54. The van der Waals surface area contributed by atoms with Gasteiger partial charge in [-0.3, -0.25) is 48.7 Å². The number of halogens is 2. The van der Waals surface area contributed by atoms with E-state index in [2.05, 4.69) is 83.9 Å². The van der Waals surface area contributed by atoms with Crippen molar-refractivity contribution in [2.75, 3.05) is 115 Å². The second-order valence-electron chi connectivity index (χ2n) is 24.8. The Kier molecular flexibility index (Phi) is 17.0. The van der Waals surface area contributed by atoms with E-state index >= 15 is 0 Å². The zero-order valence-corrected chi connectivity index (χ0v) is 48.5. The molecule has 2 aromatic heterocycles. The number of amides is 4. The fourth-order valence-corrected chi connectivity index (χ4v) is 13.3. The molecule has 0 spiro atoms. The SMILES string of the molecule is C[C@@H]1CN(CC(=O)N2CCc3ncc(Cc4ccc(F)cc4)cc32)[C@@H](CN2CCN(C(=O)c3cccc(C(=O)N4CCN(C[C@H]5CN[C@H](C)CN5CC(=O)N5CC(C)(C)c6ncc(Cc7ccc(F)cc7)cc65)[C@H](C)C4)c3)C[C@H]2C)CN1. The van der Waals surface area contributed by atoms with Crippen LogP contribution in [-0.4, -0.2) is 204 Å². The van der Waals surface area contributed by atoms with E-state index in [1.165, 1.54) is 24.3 Å². The third-order valence-electron chi connectivity index (χ3n) is 18.0. The van der Waals surface area contributed by atoms with Gasteiger partial charge in [0.1, 0.15) is 11.6 Å². The molecule has 6 aliphatic heterocycles. The second kappa shape index (κ2) is 24.3. The quantitative estimate of drug-likeness (QED) is 0.146. The number of anilines is 2. The molecule has 4 amide bonds. The van der Waals surface area contributed by atoms with Crippen molar-refractivity contribution in [2.45, 2.75) is 102 Å². The van der Waals surface area contributed by atoms with E-state index in [4.69, 9.17) is 9.97 Å². The van der Waals surface area contributed by atoms with Gasteiger partial charge in [-0.15, -0.1) is 0 Å². The first kappa shape index (κ1) is 57.3. The molecular weight excluding hydrogens is 1040 g/mol. The van der Waals surface area contributed by atoms with E-state index in [-0.39, 0.29) is 83.5 Å². The molecule has 3 aromatic carbocycles. The van der Waals surface area contributed by atoms with E-state index in [1.54, 1.807) is 30.3 Å². The van der Waals surface area contributed by atoms with Crippen LogP contribution in [0.3, 0.4) is 0 Å². The molecule has 18 heteroatoms. The van der Waals surface area contributed by atoms with Gasteiger partial charge in [-0.05, 0) is 117 Å². The number of aromatic nitrogens is 2. The molecule has 82 heavy (non-hydrogen) atoms. The van der Waals surface area contributed by atoms with Gasteiger partial charge in [0.25, 0.3) is 11.8 Å². The summed E-state index contributed by atoms with van der Waals surface area (Å²) in [5, 5.41) is 7.30. The van der Waals surface area contributed by atoms with Crippen LogP contribution in [0, 0.1) is 11.6 Å². The van der Waals surface area contributed by atoms with Crippen LogP contribution in [-0.2, 0) is 34.3 Å². The first-order valence-electron chi connectivity index (χ1n) is 29.6. The summed E-state index contributed by atoms with van der Waals surface area (Å²) in [5.74, 6) is -0.595. The fraction of sp³-hybridized carbons (Fsp3) is 0.500. The minimum atomic E-state index is -0.305. The Bertz CT molecular complexity index is 3140. The molecule has 4 fully saturated rings. The van der Waals surface area contributed by atoms with E-state index in [0.29, 0.717) is 89.3 Å². The Labute approximate surface area is 481 Å². The summed E-state index contributed by atoms with van der Waals surface area (Å²) in [4.78, 5) is 83.8. The molecule has 0 bridgehead atoms. The maximum absolute atomic E-state index is 14.4. The highest BCUT2D eigenvalue weighted by Crippen LogP contribution is 2.40. The minimum Gasteiger partial charge on any atom is -0.336 e. The van der Waals surface area contributed by atoms with Crippen LogP contribution in [0.2, 0.25) is 0 Å². The number of hydrogen-bond donors (Lipinski definition) is 2. The smallest absolute Gasteiger partial charge is 0.253 e. The molecule has 0 unspecified atom stereocenters. The third kappa shape index (κ3) is 12.8. The fourth-order valence-electron chi connectivity index (χ4n) is 13.3. The Morgan fingerprint density at radius 3 is 1.56 bits per heavy atom. The highest BCUT2D eigenvalue weighted by atomic mass is 19.1. The predicted octanol–water partition coefficient (Wildman–Crippen LogP) is 5.47. The van der Waals surface area contributed by atoms with Gasteiger partial charge < -0.3 is 30.2 Å². The van der Waals surface area contributed by atoms with Crippen molar-refractivity contribution in [2.24, 2.45) is 0 Å². The number of pyridine rings is 2. The van der Waals surface area contributed by atoms with Crippen molar-refractivity contribution in [3.05, 3.63) is 154 Å². The van der Waals surface area contributed by atoms with Gasteiger partial charge >= 0.3 is 0 Å². The normalized spacial score (nSPS) is 24.4. The van der Waals surface area contributed by atoms with Crippen molar-refractivity contribution in [1.29, 1.82) is 0 Å². The molecule has 6 aliphatic rings. The first-order chi connectivity index (χ1) is 39.4. The van der Waals surface area contributed by atoms with Gasteiger partial charge in [0.15, 0.2) is 0 Å². The summed E-state index contributed by atoms with van der Waals surface area (Å²) in [5.41, 5.74) is 8.19. The van der Waals surface area contributed by atoms with Crippen molar-refractivity contribution in [1.82, 2.24) is 50.0 Å². The number of nitrogens with zero attached hydrogens (tertiary/aromatic N) is 10. The molecule has 6 atom stereocenters. The number of fused-ring (bicyclic) bond motifs is 2. The summed E-state index contributed by atoms with van der Waals surface area (Å²) in [7, 11) is 0. The average molecular weight is 1120 g/mol. The van der Waals surface area contributed by atoms with Crippen LogP contribution >= 0.6 is 0 Å². The highest BCUT2D eigenvalue weighted by molar-refractivity contribution is 6.00. The summed E-state index contributed by atoms with van der Waals surface area (Å²) >= 11 is 0. The van der Waals surface area contributed by atoms with Gasteiger partial charge in [-0.25, -0.2) is 8.78 Å². The second-order valence-corrected chi connectivity index (χ2v) is 24.8. The topological polar surface area (TPSA) is 144 Å². The lowest BCUT2D eigenvalue weighted by Gasteiger charge is -2.46. The molecular formula is C64H80F2N12O4.